The Morgan fingerprint density at radius 3 is 2.67 bits per heavy atom. The van der Waals surface area contributed by atoms with Crippen molar-refractivity contribution in [2.24, 2.45) is 0 Å². The van der Waals surface area contributed by atoms with Crippen LogP contribution in [-0.2, 0) is 22.7 Å². The Bertz CT molecular complexity index is 1700. The fraction of sp³-hybridized carbons (Fsp3) is 0.138. The van der Waals surface area contributed by atoms with Gasteiger partial charge in [0.25, 0.3) is 11.1 Å². The number of hydrogen-bond acceptors (Lipinski definition) is 6. The lowest BCUT2D eigenvalue weighted by Gasteiger charge is -2.12. The topological polar surface area (TPSA) is 89.9 Å². The van der Waals surface area contributed by atoms with E-state index in [2.05, 4.69) is 5.32 Å². The smallest absolute Gasteiger partial charge is 0.293 e. The molecule has 39 heavy (non-hydrogen) atoms. The first kappa shape index (κ1) is 24.7. The van der Waals surface area contributed by atoms with Crippen LogP contribution in [0.4, 0.5) is 14.9 Å². The standard InChI is InChI=1S/C29H22FN3O5S/c1-17-21(13-26-28(35)33(29(36)39-26)14-18-6-2-4-8-22(18)30)20-7-3-5-9-23(20)32(17)15-27(34)31-19-10-11-24-25(12-19)38-16-37-24/h2-13H,14-16H2,1H3,(H,31,34)/b26-13-. The summed E-state index contributed by atoms with van der Waals surface area (Å²) in [6, 6.07) is 18.8. The highest BCUT2D eigenvalue weighted by Gasteiger charge is 2.36. The molecule has 3 amide bonds. The summed E-state index contributed by atoms with van der Waals surface area (Å²) in [4.78, 5) is 40.1. The normalized spacial score (nSPS) is 15.5. The average molecular weight is 544 g/mol. The van der Waals surface area contributed by atoms with Crippen LogP contribution < -0.4 is 14.8 Å². The number of para-hydroxylation sites is 1. The summed E-state index contributed by atoms with van der Waals surface area (Å²) in [6.45, 7) is 1.90. The molecule has 2 aliphatic rings. The molecular formula is C29H22FN3O5S. The van der Waals surface area contributed by atoms with E-state index in [1.54, 1.807) is 42.5 Å². The molecule has 3 aromatic carbocycles. The molecule has 3 heterocycles. The van der Waals surface area contributed by atoms with Crippen molar-refractivity contribution in [1.82, 2.24) is 9.47 Å². The van der Waals surface area contributed by atoms with Crippen molar-refractivity contribution in [3.05, 3.63) is 94.3 Å². The number of fused-ring (bicyclic) bond motifs is 2. The molecule has 196 valence electrons. The molecule has 0 aliphatic carbocycles. The van der Waals surface area contributed by atoms with E-state index in [-0.39, 0.29) is 36.3 Å². The van der Waals surface area contributed by atoms with Crippen LogP contribution in [0.2, 0.25) is 0 Å². The third-order valence-corrected chi connectivity index (χ3v) is 7.58. The Balaban J connectivity index is 1.27. The number of nitrogens with one attached hydrogen (secondary N) is 1. The van der Waals surface area contributed by atoms with Crippen LogP contribution in [0, 0.1) is 12.7 Å². The molecule has 0 atom stereocenters. The molecule has 0 radical (unpaired) electrons. The number of ether oxygens (including phenoxy) is 2. The second-order valence-corrected chi connectivity index (χ2v) is 10.1. The van der Waals surface area contributed by atoms with Crippen molar-refractivity contribution in [3.63, 3.8) is 0 Å². The van der Waals surface area contributed by atoms with E-state index < -0.39 is 17.0 Å². The maximum atomic E-state index is 14.2. The van der Waals surface area contributed by atoms with Gasteiger partial charge in [0.05, 0.1) is 11.4 Å². The monoisotopic (exact) mass is 543 g/mol. The van der Waals surface area contributed by atoms with E-state index in [1.165, 1.54) is 6.07 Å². The minimum absolute atomic E-state index is 0.0311. The van der Waals surface area contributed by atoms with Crippen molar-refractivity contribution < 1.29 is 28.2 Å². The Kier molecular flexibility index (Phi) is 6.32. The van der Waals surface area contributed by atoms with Gasteiger partial charge in [-0.1, -0.05) is 36.4 Å². The molecular weight excluding hydrogens is 521 g/mol. The third kappa shape index (κ3) is 4.63. The molecule has 1 saturated heterocycles. The van der Waals surface area contributed by atoms with Crippen LogP contribution in [0.1, 0.15) is 16.8 Å². The highest BCUT2D eigenvalue weighted by atomic mass is 32.2. The highest BCUT2D eigenvalue weighted by Crippen LogP contribution is 2.37. The van der Waals surface area contributed by atoms with E-state index >= 15 is 0 Å². The van der Waals surface area contributed by atoms with Crippen LogP contribution in [0.25, 0.3) is 17.0 Å². The van der Waals surface area contributed by atoms with Gasteiger partial charge in [-0.2, -0.15) is 0 Å². The van der Waals surface area contributed by atoms with E-state index in [0.29, 0.717) is 17.2 Å². The van der Waals surface area contributed by atoms with Crippen LogP contribution in [0.3, 0.4) is 0 Å². The Labute approximate surface area is 227 Å². The first-order valence-corrected chi connectivity index (χ1v) is 13.0. The van der Waals surface area contributed by atoms with Crippen molar-refractivity contribution in [3.8, 4) is 11.5 Å². The van der Waals surface area contributed by atoms with Gasteiger partial charge in [0.2, 0.25) is 12.7 Å². The summed E-state index contributed by atoms with van der Waals surface area (Å²) in [5.74, 6) is 0.00261. The number of carbonyl (C=O) groups excluding carboxylic acids is 3. The van der Waals surface area contributed by atoms with Gasteiger partial charge in [-0.3, -0.25) is 19.3 Å². The van der Waals surface area contributed by atoms with Crippen molar-refractivity contribution >= 4 is 51.5 Å². The fourth-order valence-corrected chi connectivity index (χ4v) is 5.55. The summed E-state index contributed by atoms with van der Waals surface area (Å²) in [5.41, 5.74) is 3.16. The molecule has 8 nitrogen and oxygen atoms in total. The van der Waals surface area contributed by atoms with Crippen LogP contribution >= 0.6 is 11.8 Å². The number of carbonyl (C=O) groups is 3. The summed E-state index contributed by atoms with van der Waals surface area (Å²) in [6.07, 6.45) is 1.68. The van der Waals surface area contributed by atoms with Crippen LogP contribution in [-0.4, -0.2) is 33.3 Å². The molecule has 4 aromatic rings. The number of thioether (sulfide) groups is 1. The highest BCUT2D eigenvalue weighted by molar-refractivity contribution is 8.18. The molecule has 10 heteroatoms. The predicted octanol–water partition coefficient (Wildman–Crippen LogP) is 5.69. The predicted molar refractivity (Wildman–Crippen MR) is 146 cm³/mol. The van der Waals surface area contributed by atoms with Gasteiger partial charge >= 0.3 is 0 Å². The number of aromatic nitrogens is 1. The summed E-state index contributed by atoms with van der Waals surface area (Å²) < 4.78 is 26.7. The Hall–Kier alpha value is -4.57. The van der Waals surface area contributed by atoms with E-state index in [4.69, 9.17) is 9.47 Å². The second kappa shape index (κ2) is 9.95. The van der Waals surface area contributed by atoms with Gasteiger partial charge in [0, 0.05) is 39.5 Å². The maximum absolute atomic E-state index is 14.2. The summed E-state index contributed by atoms with van der Waals surface area (Å²) >= 11 is 0.819. The number of anilines is 1. The number of benzene rings is 3. The SMILES string of the molecule is Cc1c(/C=C2\SC(=O)N(Cc3ccccc3F)C2=O)c2ccccc2n1CC(=O)Nc1ccc2c(c1)OCO2. The molecule has 0 spiro atoms. The van der Waals surface area contributed by atoms with Gasteiger partial charge in [-0.25, -0.2) is 4.39 Å². The molecule has 0 saturated carbocycles. The number of amides is 3. The first-order valence-electron chi connectivity index (χ1n) is 12.1. The van der Waals surface area contributed by atoms with Crippen molar-refractivity contribution in [2.45, 2.75) is 20.0 Å². The number of rotatable bonds is 6. The zero-order valence-electron chi connectivity index (χ0n) is 20.8. The molecule has 1 aromatic heterocycles. The van der Waals surface area contributed by atoms with Gasteiger partial charge < -0.3 is 19.4 Å². The van der Waals surface area contributed by atoms with Crippen molar-refractivity contribution in [2.75, 3.05) is 12.1 Å². The number of hydrogen-bond donors (Lipinski definition) is 1. The second-order valence-electron chi connectivity index (χ2n) is 9.08. The van der Waals surface area contributed by atoms with Crippen molar-refractivity contribution in [1.29, 1.82) is 0 Å². The minimum Gasteiger partial charge on any atom is -0.454 e. The quantitative estimate of drug-likeness (QED) is 0.314. The van der Waals surface area contributed by atoms with Crippen LogP contribution in [0.15, 0.2) is 71.6 Å². The van der Waals surface area contributed by atoms with E-state index in [0.717, 1.165) is 38.8 Å². The van der Waals surface area contributed by atoms with Gasteiger partial charge in [0.15, 0.2) is 11.5 Å². The molecule has 0 unspecified atom stereocenters. The fourth-order valence-electron chi connectivity index (χ4n) is 4.73. The molecule has 2 aliphatic heterocycles. The van der Waals surface area contributed by atoms with Crippen LogP contribution in [0.5, 0.6) is 11.5 Å². The minimum atomic E-state index is -0.481. The Morgan fingerprint density at radius 1 is 1.05 bits per heavy atom. The lowest BCUT2D eigenvalue weighted by Crippen LogP contribution is -2.27. The molecule has 1 fully saturated rings. The van der Waals surface area contributed by atoms with Gasteiger partial charge in [-0.05, 0) is 49.0 Å². The maximum Gasteiger partial charge on any atom is 0.293 e. The largest absolute Gasteiger partial charge is 0.454 e. The first-order chi connectivity index (χ1) is 18.9. The van der Waals surface area contributed by atoms with Gasteiger partial charge in [-0.15, -0.1) is 0 Å². The number of imide groups is 1. The van der Waals surface area contributed by atoms with Gasteiger partial charge in [0.1, 0.15) is 12.4 Å². The zero-order valence-corrected chi connectivity index (χ0v) is 21.6. The average Bonchev–Trinajstić information content (AvgIpc) is 3.57. The molecule has 0 bridgehead atoms. The lowest BCUT2D eigenvalue weighted by molar-refractivity contribution is -0.123. The Morgan fingerprint density at radius 2 is 1.82 bits per heavy atom. The third-order valence-electron chi connectivity index (χ3n) is 6.67. The zero-order chi connectivity index (χ0) is 27.1. The van der Waals surface area contributed by atoms with E-state index in [9.17, 15) is 18.8 Å². The summed E-state index contributed by atoms with van der Waals surface area (Å²) in [7, 11) is 0. The van der Waals surface area contributed by atoms with E-state index in [1.807, 2.05) is 35.8 Å². The summed E-state index contributed by atoms with van der Waals surface area (Å²) in [5, 5.41) is 3.27. The lowest BCUT2D eigenvalue weighted by atomic mass is 10.1. The number of halogens is 1. The molecule has 1 N–H and O–H groups in total. The molecule has 6 rings (SSSR count). The number of nitrogens with zero attached hydrogens (tertiary/aromatic N) is 2.